The predicted molar refractivity (Wildman–Crippen MR) is 74.8 cm³/mol. The molecular weight excluding hydrogens is 290 g/mol. The van der Waals surface area contributed by atoms with Crippen LogP contribution in [0.4, 0.5) is 0 Å². The van der Waals surface area contributed by atoms with E-state index in [2.05, 4.69) is 35.0 Å². The quantitative estimate of drug-likeness (QED) is 0.803. The highest BCUT2D eigenvalue weighted by molar-refractivity contribution is 9.10. The smallest absolute Gasteiger partial charge is 0.130 e. The van der Waals surface area contributed by atoms with Gasteiger partial charge in [-0.05, 0) is 65.2 Å². The zero-order valence-corrected chi connectivity index (χ0v) is 11.8. The lowest BCUT2D eigenvalue weighted by Gasteiger charge is -2.10. The van der Waals surface area contributed by atoms with Crippen LogP contribution in [0.25, 0.3) is 0 Å². The maximum Gasteiger partial charge on any atom is 0.130 e. The molecular formula is C15H12BrNO. The number of hydrogen-bond acceptors (Lipinski definition) is 2. The van der Waals surface area contributed by atoms with Gasteiger partial charge >= 0.3 is 0 Å². The number of nitrogens with zero attached hydrogens (tertiary/aromatic N) is 1. The summed E-state index contributed by atoms with van der Waals surface area (Å²) >= 11 is 3.35. The van der Waals surface area contributed by atoms with E-state index in [1.54, 1.807) is 18.2 Å². The molecule has 3 heteroatoms. The Bertz CT molecular complexity index is 629. The standard InChI is InChI=1S/C15H12BrNO/c1-10-4-3-5-15(11(10)2)18-13-7-6-12(9-17)14(16)8-13/h3-8H,1-2H3. The molecule has 0 heterocycles. The lowest BCUT2D eigenvalue weighted by Crippen LogP contribution is -1.90. The van der Waals surface area contributed by atoms with Gasteiger partial charge in [-0.15, -0.1) is 0 Å². The molecule has 2 rings (SSSR count). The number of hydrogen-bond donors (Lipinski definition) is 0. The van der Waals surface area contributed by atoms with Crippen molar-refractivity contribution < 1.29 is 4.74 Å². The average Bonchev–Trinajstić information content (AvgIpc) is 2.35. The molecule has 0 spiro atoms. The molecule has 0 bridgehead atoms. The first-order chi connectivity index (χ1) is 8.61. The van der Waals surface area contributed by atoms with Gasteiger partial charge in [-0.25, -0.2) is 0 Å². The maximum atomic E-state index is 8.86. The number of rotatable bonds is 2. The third-order valence-electron chi connectivity index (χ3n) is 2.84. The Labute approximate surface area is 115 Å². The van der Waals surface area contributed by atoms with Gasteiger partial charge in [0.1, 0.15) is 17.6 Å². The number of ether oxygens (including phenoxy) is 1. The van der Waals surface area contributed by atoms with E-state index in [0.29, 0.717) is 5.56 Å². The summed E-state index contributed by atoms with van der Waals surface area (Å²) < 4.78 is 6.57. The summed E-state index contributed by atoms with van der Waals surface area (Å²) in [4.78, 5) is 0. The Morgan fingerprint density at radius 1 is 1.17 bits per heavy atom. The normalized spacial score (nSPS) is 9.89. The number of halogens is 1. The van der Waals surface area contributed by atoms with Crippen molar-refractivity contribution >= 4 is 15.9 Å². The van der Waals surface area contributed by atoms with Gasteiger partial charge in [0.15, 0.2) is 0 Å². The van der Waals surface area contributed by atoms with Crippen molar-refractivity contribution in [2.24, 2.45) is 0 Å². The van der Waals surface area contributed by atoms with Crippen molar-refractivity contribution in [2.75, 3.05) is 0 Å². The third kappa shape index (κ3) is 2.55. The molecule has 0 saturated heterocycles. The van der Waals surface area contributed by atoms with Crippen molar-refractivity contribution in [3.05, 3.63) is 57.6 Å². The molecule has 0 aliphatic carbocycles. The van der Waals surface area contributed by atoms with Crippen molar-refractivity contribution in [2.45, 2.75) is 13.8 Å². The number of nitriles is 1. The van der Waals surface area contributed by atoms with Crippen molar-refractivity contribution in [3.8, 4) is 17.6 Å². The zero-order chi connectivity index (χ0) is 13.1. The molecule has 2 nitrogen and oxygen atoms in total. The van der Waals surface area contributed by atoms with Crippen LogP contribution in [0.15, 0.2) is 40.9 Å². The van der Waals surface area contributed by atoms with E-state index in [0.717, 1.165) is 21.5 Å². The Balaban J connectivity index is 2.32. The highest BCUT2D eigenvalue weighted by Gasteiger charge is 2.05. The van der Waals surface area contributed by atoms with Crippen molar-refractivity contribution in [1.29, 1.82) is 5.26 Å². The van der Waals surface area contributed by atoms with Crippen LogP contribution < -0.4 is 4.74 Å². The maximum absolute atomic E-state index is 8.86. The fourth-order valence-corrected chi connectivity index (χ4v) is 2.06. The monoisotopic (exact) mass is 301 g/mol. The predicted octanol–water partition coefficient (Wildman–Crippen LogP) is 4.73. The molecule has 0 aliphatic heterocycles. The largest absolute Gasteiger partial charge is 0.457 e. The molecule has 0 aliphatic rings. The minimum atomic E-state index is 0.600. The van der Waals surface area contributed by atoms with Crippen LogP contribution in [-0.4, -0.2) is 0 Å². The molecule has 90 valence electrons. The molecule has 0 radical (unpaired) electrons. The van der Waals surface area contributed by atoms with Crippen LogP contribution in [-0.2, 0) is 0 Å². The van der Waals surface area contributed by atoms with Crippen molar-refractivity contribution in [3.63, 3.8) is 0 Å². The van der Waals surface area contributed by atoms with Gasteiger partial charge in [-0.3, -0.25) is 0 Å². The summed E-state index contributed by atoms with van der Waals surface area (Å²) in [6.45, 7) is 4.08. The summed E-state index contributed by atoms with van der Waals surface area (Å²) in [5.41, 5.74) is 2.92. The summed E-state index contributed by atoms with van der Waals surface area (Å²) in [6.07, 6.45) is 0. The van der Waals surface area contributed by atoms with Gasteiger partial charge in [0, 0.05) is 4.47 Å². The third-order valence-corrected chi connectivity index (χ3v) is 3.50. The van der Waals surface area contributed by atoms with Crippen LogP contribution >= 0.6 is 15.9 Å². The first kappa shape index (κ1) is 12.7. The summed E-state index contributed by atoms with van der Waals surface area (Å²) in [5.74, 6) is 1.56. The van der Waals surface area contributed by atoms with E-state index >= 15 is 0 Å². The second-order valence-electron chi connectivity index (χ2n) is 4.05. The highest BCUT2D eigenvalue weighted by atomic mass is 79.9. The first-order valence-electron chi connectivity index (χ1n) is 5.55. The first-order valence-corrected chi connectivity index (χ1v) is 6.35. The fourth-order valence-electron chi connectivity index (χ4n) is 1.61. The van der Waals surface area contributed by atoms with E-state index < -0.39 is 0 Å². The molecule has 0 fully saturated rings. The van der Waals surface area contributed by atoms with E-state index in [9.17, 15) is 0 Å². The molecule has 18 heavy (non-hydrogen) atoms. The fraction of sp³-hybridized carbons (Fsp3) is 0.133. The summed E-state index contributed by atoms with van der Waals surface area (Å²) in [7, 11) is 0. The van der Waals surface area contributed by atoms with Crippen molar-refractivity contribution in [1.82, 2.24) is 0 Å². The zero-order valence-electron chi connectivity index (χ0n) is 10.2. The van der Waals surface area contributed by atoms with Gasteiger partial charge in [0.2, 0.25) is 0 Å². The lowest BCUT2D eigenvalue weighted by molar-refractivity contribution is 0.478. The molecule has 2 aromatic carbocycles. The molecule has 0 atom stereocenters. The SMILES string of the molecule is Cc1cccc(Oc2ccc(C#N)c(Br)c2)c1C. The van der Waals surface area contributed by atoms with Gasteiger partial charge in [-0.1, -0.05) is 12.1 Å². The number of aryl methyl sites for hydroxylation is 1. The van der Waals surface area contributed by atoms with Crippen LogP contribution in [0.5, 0.6) is 11.5 Å². The van der Waals surface area contributed by atoms with E-state index in [1.165, 1.54) is 5.56 Å². The van der Waals surface area contributed by atoms with E-state index in [-0.39, 0.29) is 0 Å². The highest BCUT2D eigenvalue weighted by Crippen LogP contribution is 2.29. The van der Waals surface area contributed by atoms with Crippen LogP contribution in [0.1, 0.15) is 16.7 Å². The number of benzene rings is 2. The molecule has 0 unspecified atom stereocenters. The topological polar surface area (TPSA) is 33.0 Å². The van der Waals surface area contributed by atoms with E-state index in [1.807, 2.05) is 19.1 Å². The molecule has 2 aromatic rings. The van der Waals surface area contributed by atoms with Gasteiger partial charge in [0.05, 0.1) is 5.56 Å². The Hall–Kier alpha value is -1.79. The second-order valence-corrected chi connectivity index (χ2v) is 4.91. The summed E-state index contributed by atoms with van der Waals surface area (Å²) in [5, 5.41) is 8.86. The lowest BCUT2D eigenvalue weighted by atomic mass is 10.1. The average molecular weight is 302 g/mol. The van der Waals surface area contributed by atoms with Crippen LogP contribution in [0.2, 0.25) is 0 Å². The van der Waals surface area contributed by atoms with Gasteiger partial charge in [0.25, 0.3) is 0 Å². The van der Waals surface area contributed by atoms with E-state index in [4.69, 9.17) is 10.00 Å². The minimum Gasteiger partial charge on any atom is -0.457 e. The van der Waals surface area contributed by atoms with Gasteiger partial charge in [-0.2, -0.15) is 5.26 Å². The van der Waals surface area contributed by atoms with Gasteiger partial charge < -0.3 is 4.74 Å². The summed E-state index contributed by atoms with van der Waals surface area (Å²) in [6, 6.07) is 13.4. The minimum absolute atomic E-state index is 0.600. The molecule has 0 N–H and O–H groups in total. The Kier molecular flexibility index (Phi) is 3.69. The molecule has 0 aromatic heterocycles. The second kappa shape index (κ2) is 5.24. The molecule has 0 amide bonds. The van der Waals surface area contributed by atoms with Crippen LogP contribution in [0, 0.1) is 25.2 Å². The van der Waals surface area contributed by atoms with Crippen LogP contribution in [0.3, 0.4) is 0 Å². The molecule has 0 saturated carbocycles. The Morgan fingerprint density at radius 2 is 1.94 bits per heavy atom. The Morgan fingerprint density at radius 3 is 2.61 bits per heavy atom.